The van der Waals surface area contributed by atoms with Gasteiger partial charge in [-0.2, -0.15) is 0 Å². The number of nitrogens with one attached hydrogen (secondary N) is 1. The molecule has 0 aromatic carbocycles. The zero-order chi connectivity index (χ0) is 15.4. The topological polar surface area (TPSA) is 67.3 Å². The van der Waals surface area contributed by atoms with E-state index in [-0.39, 0.29) is 5.97 Å². The van der Waals surface area contributed by atoms with Crippen LogP contribution in [0.5, 0.6) is 0 Å². The van der Waals surface area contributed by atoms with Gasteiger partial charge in [0.1, 0.15) is 0 Å². The molecule has 0 bridgehead atoms. The van der Waals surface area contributed by atoms with Crippen molar-refractivity contribution >= 4 is 11.9 Å². The van der Waals surface area contributed by atoms with Crippen molar-refractivity contribution in [2.75, 3.05) is 25.5 Å². The Kier molecular flexibility index (Phi) is 5.12. The van der Waals surface area contributed by atoms with E-state index in [0.29, 0.717) is 35.9 Å². The third-order valence-electron chi connectivity index (χ3n) is 4.02. The van der Waals surface area contributed by atoms with Gasteiger partial charge in [-0.25, -0.2) is 14.8 Å². The number of likely N-dealkylation sites (tertiary alicyclic amines) is 1. The number of hydrogen-bond acceptors (Lipinski definition) is 6. The second-order valence-corrected chi connectivity index (χ2v) is 5.61. The zero-order valence-corrected chi connectivity index (χ0v) is 13.2. The normalized spacial score (nSPS) is 22.9. The van der Waals surface area contributed by atoms with Gasteiger partial charge >= 0.3 is 5.97 Å². The third-order valence-corrected chi connectivity index (χ3v) is 4.02. The van der Waals surface area contributed by atoms with Crippen molar-refractivity contribution in [1.82, 2.24) is 14.9 Å². The summed E-state index contributed by atoms with van der Waals surface area (Å²) in [6.45, 7) is 7.23. The summed E-state index contributed by atoms with van der Waals surface area (Å²) in [6, 6.07) is 0.931. The first-order chi connectivity index (χ1) is 10.0. The minimum absolute atomic E-state index is 0.353. The van der Waals surface area contributed by atoms with Gasteiger partial charge in [0.25, 0.3) is 0 Å². The van der Waals surface area contributed by atoms with Crippen LogP contribution in [0.2, 0.25) is 0 Å². The Balaban J connectivity index is 2.02. The number of esters is 1. The Labute approximate surface area is 125 Å². The summed E-state index contributed by atoms with van der Waals surface area (Å²) in [7, 11) is 2.15. The van der Waals surface area contributed by atoms with Crippen LogP contribution in [0.4, 0.5) is 5.95 Å². The zero-order valence-electron chi connectivity index (χ0n) is 13.2. The number of aryl methyl sites for hydroxylation is 1. The summed E-state index contributed by atoms with van der Waals surface area (Å²) < 4.78 is 4.98. The Hall–Kier alpha value is -1.69. The van der Waals surface area contributed by atoms with Gasteiger partial charge < -0.3 is 15.0 Å². The first kappa shape index (κ1) is 15.7. The maximum absolute atomic E-state index is 11.7. The predicted octanol–water partition coefficient (Wildman–Crippen LogP) is 1.86. The number of carbonyl (C=O) groups excluding carboxylic acids is 1. The number of anilines is 1. The minimum Gasteiger partial charge on any atom is -0.462 e. The molecule has 1 aliphatic rings. The summed E-state index contributed by atoms with van der Waals surface area (Å²) >= 11 is 0. The fourth-order valence-electron chi connectivity index (χ4n) is 2.55. The fourth-order valence-corrected chi connectivity index (χ4v) is 2.55. The Bertz CT molecular complexity index is 506. The molecule has 2 heterocycles. The first-order valence-corrected chi connectivity index (χ1v) is 7.48. The summed E-state index contributed by atoms with van der Waals surface area (Å²) in [5.74, 6) is 0.219. The molecule has 2 atom stereocenters. The highest BCUT2D eigenvalue weighted by atomic mass is 16.5. The highest BCUT2D eigenvalue weighted by Gasteiger charge is 2.23. The van der Waals surface area contributed by atoms with E-state index in [1.165, 1.54) is 0 Å². The van der Waals surface area contributed by atoms with Crippen LogP contribution in [0, 0.1) is 6.92 Å². The molecule has 1 aromatic heterocycles. The highest BCUT2D eigenvalue weighted by molar-refractivity contribution is 5.90. The van der Waals surface area contributed by atoms with Crippen LogP contribution in [0.1, 0.15) is 42.7 Å². The van der Waals surface area contributed by atoms with Gasteiger partial charge in [0, 0.05) is 24.8 Å². The molecule has 1 fully saturated rings. The van der Waals surface area contributed by atoms with Gasteiger partial charge in [-0.15, -0.1) is 0 Å². The quantitative estimate of drug-likeness (QED) is 0.854. The van der Waals surface area contributed by atoms with Crippen molar-refractivity contribution in [3.63, 3.8) is 0 Å². The largest absolute Gasteiger partial charge is 0.462 e. The van der Waals surface area contributed by atoms with Gasteiger partial charge in [-0.1, -0.05) is 0 Å². The van der Waals surface area contributed by atoms with Crippen LogP contribution < -0.4 is 5.32 Å². The van der Waals surface area contributed by atoms with Crippen molar-refractivity contribution in [3.05, 3.63) is 17.5 Å². The lowest BCUT2D eigenvalue weighted by atomic mass is 9.99. The molecule has 1 saturated heterocycles. The lowest BCUT2D eigenvalue weighted by molar-refractivity contribution is 0.0524. The van der Waals surface area contributed by atoms with Gasteiger partial charge in [-0.3, -0.25) is 0 Å². The van der Waals surface area contributed by atoms with E-state index in [4.69, 9.17) is 4.74 Å². The van der Waals surface area contributed by atoms with Gasteiger partial charge in [0.05, 0.1) is 17.9 Å². The number of aromatic nitrogens is 2. The lowest BCUT2D eigenvalue weighted by Crippen LogP contribution is -2.42. The van der Waals surface area contributed by atoms with Gasteiger partial charge in [-0.05, 0) is 40.7 Å². The fraction of sp³-hybridized carbons (Fsp3) is 0.667. The SMILES string of the molecule is CCOC(=O)c1cnc(NC2CCN(C)C(C)C2)nc1C. The summed E-state index contributed by atoms with van der Waals surface area (Å²) in [5, 5.41) is 3.37. The van der Waals surface area contributed by atoms with E-state index in [9.17, 15) is 4.79 Å². The molecule has 116 valence electrons. The van der Waals surface area contributed by atoms with Crippen LogP contribution in [-0.4, -0.2) is 53.1 Å². The molecule has 0 aliphatic carbocycles. The average Bonchev–Trinajstić information content (AvgIpc) is 2.43. The first-order valence-electron chi connectivity index (χ1n) is 7.48. The molecule has 6 nitrogen and oxygen atoms in total. The molecule has 0 saturated carbocycles. The molecule has 0 radical (unpaired) electrons. The maximum atomic E-state index is 11.7. The number of ether oxygens (including phenoxy) is 1. The van der Waals surface area contributed by atoms with Crippen molar-refractivity contribution in [1.29, 1.82) is 0 Å². The lowest BCUT2D eigenvalue weighted by Gasteiger charge is -2.35. The number of hydrogen-bond donors (Lipinski definition) is 1. The maximum Gasteiger partial charge on any atom is 0.341 e. The standard InChI is InChI=1S/C15H24N4O2/c1-5-21-14(20)13-9-16-15(17-11(13)3)18-12-6-7-19(4)10(2)8-12/h9-10,12H,5-8H2,1-4H3,(H,16,17,18). The molecule has 2 rings (SSSR count). The number of rotatable bonds is 4. The third kappa shape index (κ3) is 3.91. The molecular formula is C15H24N4O2. The van der Waals surface area contributed by atoms with E-state index in [1.54, 1.807) is 20.0 Å². The molecular weight excluding hydrogens is 268 g/mol. The molecule has 21 heavy (non-hydrogen) atoms. The van der Waals surface area contributed by atoms with Crippen molar-refractivity contribution < 1.29 is 9.53 Å². The van der Waals surface area contributed by atoms with Crippen LogP contribution in [0.15, 0.2) is 6.20 Å². The van der Waals surface area contributed by atoms with Crippen molar-refractivity contribution in [2.45, 2.75) is 45.7 Å². The minimum atomic E-state index is -0.366. The van der Waals surface area contributed by atoms with Gasteiger partial charge in [0.2, 0.25) is 5.95 Å². The van der Waals surface area contributed by atoms with E-state index in [0.717, 1.165) is 19.4 Å². The molecule has 1 aliphatic heterocycles. The highest BCUT2D eigenvalue weighted by Crippen LogP contribution is 2.18. The van der Waals surface area contributed by atoms with Crippen LogP contribution in [0.25, 0.3) is 0 Å². The summed E-state index contributed by atoms with van der Waals surface area (Å²) in [4.78, 5) is 22.7. The monoisotopic (exact) mass is 292 g/mol. The second kappa shape index (κ2) is 6.85. The van der Waals surface area contributed by atoms with Crippen LogP contribution in [0.3, 0.4) is 0 Å². The molecule has 6 heteroatoms. The predicted molar refractivity (Wildman–Crippen MR) is 81.5 cm³/mol. The Morgan fingerprint density at radius 2 is 2.33 bits per heavy atom. The van der Waals surface area contributed by atoms with E-state index in [2.05, 4.69) is 34.2 Å². The summed E-state index contributed by atoms with van der Waals surface area (Å²) in [5.41, 5.74) is 1.08. The Morgan fingerprint density at radius 3 is 2.95 bits per heavy atom. The molecule has 2 unspecified atom stereocenters. The van der Waals surface area contributed by atoms with E-state index in [1.807, 2.05) is 0 Å². The summed E-state index contributed by atoms with van der Waals surface area (Å²) in [6.07, 6.45) is 3.68. The van der Waals surface area contributed by atoms with Crippen molar-refractivity contribution in [3.8, 4) is 0 Å². The van der Waals surface area contributed by atoms with E-state index >= 15 is 0 Å². The average molecular weight is 292 g/mol. The molecule has 0 spiro atoms. The molecule has 0 amide bonds. The molecule has 1 N–H and O–H groups in total. The number of piperidine rings is 1. The van der Waals surface area contributed by atoms with E-state index < -0.39 is 0 Å². The van der Waals surface area contributed by atoms with Crippen molar-refractivity contribution in [2.24, 2.45) is 0 Å². The smallest absolute Gasteiger partial charge is 0.341 e. The Morgan fingerprint density at radius 1 is 1.57 bits per heavy atom. The number of carbonyl (C=O) groups is 1. The molecule has 1 aromatic rings. The number of nitrogens with zero attached hydrogens (tertiary/aromatic N) is 3. The van der Waals surface area contributed by atoms with Crippen LogP contribution in [-0.2, 0) is 4.74 Å². The van der Waals surface area contributed by atoms with Gasteiger partial charge in [0.15, 0.2) is 0 Å². The van der Waals surface area contributed by atoms with Crippen LogP contribution >= 0.6 is 0 Å². The second-order valence-electron chi connectivity index (χ2n) is 5.61.